The SMILES string of the molecule is CSc1ccccc1C(=O)OCC(=O)N(C1CCCC1)[C@@H]1CCS(=O)(=O)C1. The van der Waals surface area contributed by atoms with E-state index in [1.165, 1.54) is 11.8 Å². The molecule has 0 aromatic heterocycles. The summed E-state index contributed by atoms with van der Waals surface area (Å²) in [5, 5.41) is 0. The fraction of sp³-hybridized carbons (Fsp3) is 0.579. The highest BCUT2D eigenvalue weighted by Crippen LogP contribution is 2.29. The van der Waals surface area contributed by atoms with Crippen LogP contribution < -0.4 is 0 Å². The van der Waals surface area contributed by atoms with Crippen molar-refractivity contribution < 1.29 is 22.7 Å². The third-order valence-corrected chi connectivity index (χ3v) is 7.81. The first-order chi connectivity index (χ1) is 12.9. The van der Waals surface area contributed by atoms with E-state index in [0.29, 0.717) is 12.0 Å². The maximum Gasteiger partial charge on any atom is 0.339 e. The van der Waals surface area contributed by atoms with Gasteiger partial charge in [-0.1, -0.05) is 25.0 Å². The second kappa shape index (κ2) is 8.65. The minimum absolute atomic E-state index is 0.0124. The van der Waals surface area contributed by atoms with Crippen LogP contribution in [0.15, 0.2) is 29.2 Å². The van der Waals surface area contributed by atoms with Gasteiger partial charge < -0.3 is 9.64 Å². The van der Waals surface area contributed by atoms with E-state index in [-0.39, 0.29) is 36.1 Å². The second-order valence-electron chi connectivity index (χ2n) is 7.07. The Morgan fingerprint density at radius 3 is 2.48 bits per heavy atom. The quantitative estimate of drug-likeness (QED) is 0.529. The minimum atomic E-state index is -3.09. The Kier molecular flexibility index (Phi) is 6.47. The van der Waals surface area contributed by atoms with Crippen LogP contribution in [0.5, 0.6) is 0 Å². The first-order valence-electron chi connectivity index (χ1n) is 9.23. The molecule has 1 aliphatic heterocycles. The van der Waals surface area contributed by atoms with E-state index in [4.69, 9.17) is 4.74 Å². The number of ether oxygens (including phenoxy) is 1. The van der Waals surface area contributed by atoms with Crippen molar-refractivity contribution in [3.63, 3.8) is 0 Å². The number of sulfone groups is 1. The molecule has 0 unspecified atom stereocenters. The van der Waals surface area contributed by atoms with E-state index in [9.17, 15) is 18.0 Å². The van der Waals surface area contributed by atoms with Crippen LogP contribution in [0, 0.1) is 0 Å². The molecule has 3 rings (SSSR count). The van der Waals surface area contributed by atoms with Crippen LogP contribution in [0.25, 0.3) is 0 Å². The Morgan fingerprint density at radius 1 is 1.15 bits per heavy atom. The van der Waals surface area contributed by atoms with Crippen molar-refractivity contribution in [2.24, 2.45) is 0 Å². The molecule has 6 nitrogen and oxygen atoms in total. The molecule has 0 bridgehead atoms. The molecule has 1 aromatic rings. The maximum atomic E-state index is 12.9. The molecule has 0 N–H and O–H groups in total. The lowest BCUT2D eigenvalue weighted by atomic mass is 10.1. The summed E-state index contributed by atoms with van der Waals surface area (Å²) >= 11 is 1.44. The van der Waals surface area contributed by atoms with Gasteiger partial charge in [0.1, 0.15) is 0 Å². The number of hydrogen-bond donors (Lipinski definition) is 0. The first kappa shape index (κ1) is 20.2. The average Bonchev–Trinajstić information content (AvgIpc) is 3.30. The Bertz CT molecular complexity index is 802. The maximum absolute atomic E-state index is 12.9. The van der Waals surface area contributed by atoms with E-state index in [1.807, 2.05) is 18.4 Å². The number of carbonyl (C=O) groups is 2. The zero-order chi connectivity index (χ0) is 19.4. The lowest BCUT2D eigenvalue weighted by Crippen LogP contribution is -2.48. The highest BCUT2D eigenvalue weighted by molar-refractivity contribution is 7.98. The number of esters is 1. The summed E-state index contributed by atoms with van der Waals surface area (Å²) in [6.07, 6.45) is 6.17. The summed E-state index contributed by atoms with van der Waals surface area (Å²) in [4.78, 5) is 27.8. The van der Waals surface area contributed by atoms with Crippen LogP contribution in [0.4, 0.5) is 0 Å². The van der Waals surface area contributed by atoms with Gasteiger partial charge in [-0.15, -0.1) is 11.8 Å². The highest BCUT2D eigenvalue weighted by Gasteiger charge is 2.39. The lowest BCUT2D eigenvalue weighted by Gasteiger charge is -2.33. The molecule has 1 heterocycles. The molecule has 0 spiro atoms. The van der Waals surface area contributed by atoms with Crippen molar-refractivity contribution in [1.82, 2.24) is 4.90 Å². The molecule has 1 aliphatic carbocycles. The van der Waals surface area contributed by atoms with E-state index in [1.54, 1.807) is 17.0 Å². The van der Waals surface area contributed by atoms with Gasteiger partial charge in [0.25, 0.3) is 5.91 Å². The van der Waals surface area contributed by atoms with Crippen molar-refractivity contribution in [2.45, 2.75) is 49.1 Å². The van der Waals surface area contributed by atoms with E-state index in [2.05, 4.69) is 0 Å². The predicted octanol–water partition coefficient (Wildman–Crippen LogP) is 2.52. The summed E-state index contributed by atoms with van der Waals surface area (Å²) in [5.41, 5.74) is 0.439. The van der Waals surface area contributed by atoms with E-state index in [0.717, 1.165) is 30.6 Å². The summed E-state index contributed by atoms with van der Waals surface area (Å²) in [7, 11) is -3.09. The zero-order valence-corrected chi connectivity index (χ0v) is 17.1. The molecule has 27 heavy (non-hydrogen) atoms. The van der Waals surface area contributed by atoms with Gasteiger partial charge in [-0.05, 0) is 37.7 Å². The number of benzene rings is 1. The standard InChI is InChI=1S/C19H25NO5S2/c1-26-17-9-5-4-8-16(17)19(22)25-12-18(21)20(14-6-2-3-7-14)15-10-11-27(23,24)13-15/h4-5,8-9,14-15H,2-3,6-7,10-13H2,1H3/t15-/m1/s1. The van der Waals surface area contributed by atoms with Crippen molar-refractivity contribution in [2.75, 3.05) is 24.4 Å². The number of carbonyl (C=O) groups excluding carboxylic acids is 2. The van der Waals surface area contributed by atoms with E-state index >= 15 is 0 Å². The monoisotopic (exact) mass is 411 g/mol. The average molecular weight is 412 g/mol. The van der Waals surface area contributed by atoms with Gasteiger partial charge in [0.05, 0.1) is 17.1 Å². The number of hydrogen-bond acceptors (Lipinski definition) is 6. The van der Waals surface area contributed by atoms with Gasteiger partial charge in [-0.25, -0.2) is 13.2 Å². The molecule has 2 aliphatic rings. The summed E-state index contributed by atoms with van der Waals surface area (Å²) < 4.78 is 29.0. The van der Waals surface area contributed by atoms with Crippen LogP contribution in [-0.2, 0) is 19.4 Å². The van der Waals surface area contributed by atoms with Crippen LogP contribution >= 0.6 is 11.8 Å². The number of thioether (sulfide) groups is 1. The van der Waals surface area contributed by atoms with Crippen LogP contribution in [0.2, 0.25) is 0 Å². The summed E-state index contributed by atoms with van der Waals surface area (Å²) in [5.74, 6) is -0.689. The fourth-order valence-electron chi connectivity index (χ4n) is 3.98. The smallest absolute Gasteiger partial charge is 0.339 e. The molecule has 148 valence electrons. The van der Waals surface area contributed by atoms with Crippen molar-refractivity contribution >= 4 is 33.5 Å². The lowest BCUT2D eigenvalue weighted by molar-refractivity contribution is -0.139. The first-order valence-corrected chi connectivity index (χ1v) is 12.3. The number of nitrogens with zero attached hydrogens (tertiary/aromatic N) is 1. The van der Waals surface area contributed by atoms with E-state index < -0.39 is 15.8 Å². The fourth-order valence-corrected chi connectivity index (χ4v) is 6.27. The third-order valence-electron chi connectivity index (χ3n) is 5.26. The molecule has 1 saturated carbocycles. The molecule has 2 fully saturated rings. The largest absolute Gasteiger partial charge is 0.452 e. The predicted molar refractivity (Wildman–Crippen MR) is 105 cm³/mol. The Balaban J connectivity index is 1.68. The molecule has 1 aromatic carbocycles. The Hall–Kier alpha value is -1.54. The van der Waals surface area contributed by atoms with Gasteiger partial charge in [0, 0.05) is 17.0 Å². The van der Waals surface area contributed by atoms with Gasteiger partial charge in [-0.2, -0.15) is 0 Å². The topological polar surface area (TPSA) is 80.8 Å². The van der Waals surface area contributed by atoms with Gasteiger partial charge in [0.2, 0.25) is 0 Å². The molecular formula is C19H25NO5S2. The molecule has 1 atom stereocenters. The Labute approximate surface area is 164 Å². The van der Waals surface area contributed by atoms with Crippen molar-refractivity contribution in [3.8, 4) is 0 Å². The van der Waals surface area contributed by atoms with Gasteiger partial charge in [0.15, 0.2) is 16.4 Å². The summed E-state index contributed by atoms with van der Waals surface area (Å²) in [6.45, 7) is -0.353. The van der Waals surface area contributed by atoms with Gasteiger partial charge >= 0.3 is 5.97 Å². The minimum Gasteiger partial charge on any atom is -0.452 e. The van der Waals surface area contributed by atoms with Gasteiger partial charge in [-0.3, -0.25) is 4.79 Å². The molecule has 8 heteroatoms. The van der Waals surface area contributed by atoms with Crippen molar-refractivity contribution in [1.29, 1.82) is 0 Å². The third kappa shape index (κ3) is 4.85. The molecule has 1 amide bonds. The highest BCUT2D eigenvalue weighted by atomic mass is 32.2. The molecule has 1 saturated heterocycles. The molecule has 0 radical (unpaired) electrons. The normalized spacial score (nSPS) is 21.9. The zero-order valence-electron chi connectivity index (χ0n) is 15.4. The van der Waals surface area contributed by atoms with Crippen LogP contribution in [0.1, 0.15) is 42.5 Å². The van der Waals surface area contributed by atoms with Crippen LogP contribution in [0.3, 0.4) is 0 Å². The second-order valence-corrected chi connectivity index (χ2v) is 10.1. The summed E-state index contributed by atoms with van der Waals surface area (Å²) in [6, 6.07) is 6.85. The number of rotatable bonds is 6. The Morgan fingerprint density at radius 2 is 1.85 bits per heavy atom. The number of amides is 1. The van der Waals surface area contributed by atoms with Crippen molar-refractivity contribution in [3.05, 3.63) is 29.8 Å². The molecular weight excluding hydrogens is 386 g/mol. The van der Waals surface area contributed by atoms with Crippen LogP contribution in [-0.4, -0.2) is 61.6 Å².